The number of nitrogens with one attached hydrogen (secondary N) is 1. The van der Waals surface area contributed by atoms with Crippen LogP contribution in [0.15, 0.2) is 24.3 Å². The monoisotopic (exact) mass is 296 g/mol. The number of likely N-dealkylation sites (N-methyl/N-ethyl adjacent to an activating group) is 1. The molecule has 0 aliphatic carbocycles. The lowest BCUT2D eigenvalue weighted by atomic mass is 10.1. The van der Waals surface area contributed by atoms with Gasteiger partial charge in [-0.1, -0.05) is 12.1 Å². The molecule has 1 aromatic rings. The Hall–Kier alpha value is -2.28. The van der Waals surface area contributed by atoms with E-state index < -0.39 is 24.1 Å². The van der Waals surface area contributed by atoms with Gasteiger partial charge in [0, 0.05) is 20.0 Å². The molecule has 0 bridgehead atoms. The van der Waals surface area contributed by atoms with E-state index >= 15 is 0 Å². The second-order valence-electron chi connectivity index (χ2n) is 4.94. The van der Waals surface area contributed by atoms with Gasteiger partial charge in [-0.25, -0.2) is 9.59 Å². The average molecular weight is 296 g/mol. The predicted octanol–water partition coefficient (Wildman–Crippen LogP) is 0.410. The zero-order valence-electron chi connectivity index (χ0n) is 12.0. The number of urea groups is 1. The van der Waals surface area contributed by atoms with Crippen LogP contribution in [0.5, 0.6) is 5.75 Å². The van der Waals surface area contributed by atoms with E-state index in [1.54, 1.807) is 12.1 Å². The number of rotatable bonds is 6. The Labute approximate surface area is 122 Å². The van der Waals surface area contributed by atoms with Gasteiger partial charge in [-0.3, -0.25) is 0 Å². The Bertz CT molecular complexity index is 487. The molecular formula is C14H20N2O5. The van der Waals surface area contributed by atoms with Gasteiger partial charge in [0.1, 0.15) is 11.8 Å². The summed E-state index contributed by atoms with van der Waals surface area (Å²) in [5.74, 6) is -1.06. The van der Waals surface area contributed by atoms with E-state index in [9.17, 15) is 19.8 Å². The predicted molar refractivity (Wildman–Crippen MR) is 76.1 cm³/mol. The van der Waals surface area contributed by atoms with Crippen molar-refractivity contribution in [3.8, 4) is 5.75 Å². The third-order valence-corrected chi connectivity index (χ3v) is 2.86. The Morgan fingerprint density at radius 1 is 1.29 bits per heavy atom. The molecule has 21 heavy (non-hydrogen) atoms. The molecule has 0 aliphatic heterocycles. The molecule has 0 spiro atoms. The summed E-state index contributed by atoms with van der Waals surface area (Å²) in [6.45, 7) is 1.65. The minimum absolute atomic E-state index is 0.0892. The molecule has 2 atom stereocenters. The van der Waals surface area contributed by atoms with Crippen LogP contribution in [-0.2, 0) is 11.2 Å². The van der Waals surface area contributed by atoms with Crippen molar-refractivity contribution in [2.75, 3.05) is 13.6 Å². The lowest BCUT2D eigenvalue weighted by molar-refractivity contribution is -0.139. The van der Waals surface area contributed by atoms with Crippen LogP contribution in [0.4, 0.5) is 4.79 Å². The molecule has 1 rings (SSSR count). The first-order valence-corrected chi connectivity index (χ1v) is 6.50. The first kappa shape index (κ1) is 16.8. The van der Waals surface area contributed by atoms with Crippen molar-refractivity contribution < 1.29 is 24.9 Å². The normalized spacial score (nSPS) is 13.3. The van der Waals surface area contributed by atoms with Crippen LogP contribution in [-0.4, -0.2) is 58.0 Å². The highest BCUT2D eigenvalue weighted by Crippen LogP contribution is 2.11. The van der Waals surface area contributed by atoms with E-state index in [4.69, 9.17) is 5.11 Å². The van der Waals surface area contributed by atoms with Gasteiger partial charge in [0.25, 0.3) is 0 Å². The lowest BCUT2D eigenvalue weighted by Gasteiger charge is -2.22. The number of carboxylic acids is 1. The Morgan fingerprint density at radius 3 is 2.33 bits per heavy atom. The molecule has 0 saturated heterocycles. The number of aliphatic hydroxyl groups excluding tert-OH is 1. The first-order valence-electron chi connectivity index (χ1n) is 6.50. The van der Waals surface area contributed by atoms with Crippen LogP contribution in [0, 0.1) is 0 Å². The van der Waals surface area contributed by atoms with Crippen LogP contribution in [0.1, 0.15) is 12.5 Å². The molecule has 0 aliphatic rings. The first-order chi connectivity index (χ1) is 9.79. The van der Waals surface area contributed by atoms with Crippen molar-refractivity contribution in [1.29, 1.82) is 0 Å². The number of aliphatic hydroxyl groups is 1. The van der Waals surface area contributed by atoms with Crippen molar-refractivity contribution in [3.05, 3.63) is 29.8 Å². The van der Waals surface area contributed by atoms with Gasteiger partial charge in [0.15, 0.2) is 0 Å². The second-order valence-corrected chi connectivity index (χ2v) is 4.94. The van der Waals surface area contributed by atoms with Crippen LogP contribution < -0.4 is 5.32 Å². The van der Waals surface area contributed by atoms with Gasteiger partial charge >= 0.3 is 12.0 Å². The summed E-state index contributed by atoms with van der Waals surface area (Å²) >= 11 is 0. The van der Waals surface area contributed by atoms with Gasteiger partial charge in [0.05, 0.1) is 6.10 Å². The number of hydrogen-bond donors (Lipinski definition) is 4. The summed E-state index contributed by atoms with van der Waals surface area (Å²) in [6, 6.07) is 4.44. The fraction of sp³-hybridized carbons (Fsp3) is 0.429. The number of aliphatic carboxylic acids is 1. The van der Waals surface area contributed by atoms with Crippen LogP contribution in [0.3, 0.4) is 0 Å². The van der Waals surface area contributed by atoms with Crippen LogP contribution in [0.25, 0.3) is 0 Å². The van der Waals surface area contributed by atoms with E-state index in [1.807, 2.05) is 0 Å². The van der Waals surface area contributed by atoms with Crippen molar-refractivity contribution >= 4 is 12.0 Å². The van der Waals surface area contributed by atoms with Gasteiger partial charge < -0.3 is 25.5 Å². The topological polar surface area (TPSA) is 110 Å². The van der Waals surface area contributed by atoms with Crippen molar-refractivity contribution in [2.24, 2.45) is 0 Å². The number of amides is 2. The highest BCUT2D eigenvalue weighted by Gasteiger charge is 2.22. The van der Waals surface area contributed by atoms with Crippen LogP contribution >= 0.6 is 0 Å². The molecule has 0 fully saturated rings. The van der Waals surface area contributed by atoms with Crippen LogP contribution in [0.2, 0.25) is 0 Å². The number of benzene rings is 1. The molecule has 0 saturated carbocycles. The van der Waals surface area contributed by atoms with E-state index in [0.29, 0.717) is 5.56 Å². The standard InChI is InChI=1S/C14H20N2O5/c1-9(17)8-16(2)14(21)15-12(13(19)20)7-10-3-5-11(18)6-4-10/h3-6,9,12,17-18H,7-8H2,1-2H3,(H,15,21)(H,19,20)/t9?,12-/m0/s1. The summed E-state index contributed by atoms with van der Waals surface area (Å²) in [7, 11) is 1.47. The number of phenols is 1. The number of phenolic OH excluding ortho intramolecular Hbond substituents is 1. The lowest BCUT2D eigenvalue weighted by Crippen LogP contribution is -2.49. The molecule has 2 amide bonds. The minimum atomic E-state index is -1.15. The summed E-state index contributed by atoms with van der Waals surface area (Å²) in [6.07, 6.45) is -0.592. The van der Waals surface area contributed by atoms with Crippen molar-refractivity contribution in [3.63, 3.8) is 0 Å². The maximum Gasteiger partial charge on any atom is 0.326 e. The zero-order chi connectivity index (χ0) is 16.0. The van der Waals surface area contributed by atoms with E-state index in [-0.39, 0.29) is 18.7 Å². The molecule has 1 aromatic carbocycles. The van der Waals surface area contributed by atoms with E-state index in [0.717, 1.165) is 0 Å². The number of carboxylic acid groups (broad SMARTS) is 1. The van der Waals surface area contributed by atoms with Gasteiger partial charge in [-0.2, -0.15) is 0 Å². The van der Waals surface area contributed by atoms with Gasteiger partial charge in [-0.05, 0) is 24.6 Å². The summed E-state index contributed by atoms with van der Waals surface area (Å²) in [4.78, 5) is 24.3. The summed E-state index contributed by atoms with van der Waals surface area (Å²) in [5.41, 5.74) is 0.679. The van der Waals surface area contributed by atoms with Crippen molar-refractivity contribution in [1.82, 2.24) is 10.2 Å². The largest absolute Gasteiger partial charge is 0.508 e. The molecule has 0 radical (unpaired) electrons. The van der Waals surface area contributed by atoms with E-state index in [1.165, 1.54) is 31.0 Å². The molecule has 0 heterocycles. The number of carbonyl (C=O) groups excluding carboxylic acids is 1. The smallest absolute Gasteiger partial charge is 0.326 e. The highest BCUT2D eigenvalue weighted by molar-refractivity contribution is 5.82. The molecular weight excluding hydrogens is 276 g/mol. The quantitative estimate of drug-likeness (QED) is 0.608. The average Bonchev–Trinajstić information content (AvgIpc) is 2.39. The SMILES string of the molecule is CC(O)CN(C)C(=O)N[C@@H](Cc1ccc(O)cc1)C(=O)O. The zero-order valence-corrected chi connectivity index (χ0v) is 12.0. The van der Waals surface area contributed by atoms with E-state index in [2.05, 4.69) is 5.32 Å². The Morgan fingerprint density at radius 2 is 1.86 bits per heavy atom. The maximum absolute atomic E-state index is 11.8. The number of carbonyl (C=O) groups is 2. The molecule has 0 aromatic heterocycles. The highest BCUT2D eigenvalue weighted by atomic mass is 16.4. The molecule has 116 valence electrons. The fourth-order valence-electron chi connectivity index (χ4n) is 1.81. The third-order valence-electron chi connectivity index (χ3n) is 2.86. The minimum Gasteiger partial charge on any atom is -0.508 e. The fourth-order valence-corrected chi connectivity index (χ4v) is 1.81. The van der Waals surface area contributed by atoms with Crippen molar-refractivity contribution in [2.45, 2.75) is 25.5 Å². The molecule has 4 N–H and O–H groups in total. The molecule has 7 nitrogen and oxygen atoms in total. The molecule has 7 heteroatoms. The summed E-state index contributed by atoms with van der Waals surface area (Å²) < 4.78 is 0. The van der Waals surface area contributed by atoms with Gasteiger partial charge in [-0.15, -0.1) is 0 Å². The third kappa shape index (κ3) is 5.70. The number of aromatic hydroxyl groups is 1. The van der Waals surface area contributed by atoms with Gasteiger partial charge in [0.2, 0.25) is 0 Å². The number of hydrogen-bond acceptors (Lipinski definition) is 4. The molecule has 1 unspecified atom stereocenters. The Balaban J connectivity index is 2.67. The summed E-state index contributed by atoms with van der Waals surface area (Å²) in [5, 5.41) is 30.0. The second kappa shape index (κ2) is 7.49. The number of nitrogens with zero attached hydrogens (tertiary/aromatic N) is 1. The maximum atomic E-state index is 11.8. The Kier molecular flexibility index (Phi) is 5.98.